The highest BCUT2D eigenvalue weighted by atomic mass is 35.5. The monoisotopic (exact) mass is 463 g/mol. The minimum Gasteiger partial charge on any atom is -0.482 e. The second kappa shape index (κ2) is 8.86. The average molecular weight is 464 g/mol. The molecule has 2 N–H and O–H groups in total. The van der Waals surface area contributed by atoms with Gasteiger partial charge in [-0.1, -0.05) is 41.9 Å². The van der Waals surface area contributed by atoms with Gasteiger partial charge in [-0.15, -0.1) is 0 Å². The summed E-state index contributed by atoms with van der Waals surface area (Å²) in [5, 5.41) is 5.40. The van der Waals surface area contributed by atoms with Crippen molar-refractivity contribution >= 4 is 39.1 Å². The third kappa shape index (κ3) is 4.53. The molecule has 0 saturated carbocycles. The Morgan fingerprint density at radius 1 is 1.26 bits per heavy atom. The number of nitrogens with one attached hydrogen (secondary N) is 2. The Hall–Kier alpha value is -2.62. The van der Waals surface area contributed by atoms with Gasteiger partial charge in [0.15, 0.2) is 6.61 Å². The molecular formula is C21H22ClN3O5S. The molecule has 31 heavy (non-hydrogen) atoms. The largest absolute Gasteiger partial charge is 0.482 e. The van der Waals surface area contributed by atoms with Gasteiger partial charge in [-0.25, -0.2) is 8.42 Å². The summed E-state index contributed by atoms with van der Waals surface area (Å²) >= 11 is 6.24. The first-order chi connectivity index (χ1) is 14.9. The summed E-state index contributed by atoms with van der Waals surface area (Å²) < 4.78 is 33.2. The highest BCUT2D eigenvalue weighted by Gasteiger charge is 2.40. The molecule has 0 radical (unpaired) electrons. The van der Waals surface area contributed by atoms with Crippen LogP contribution in [0.4, 0.5) is 5.69 Å². The Bertz CT molecular complexity index is 1110. The quantitative estimate of drug-likeness (QED) is 0.683. The number of anilines is 1. The summed E-state index contributed by atoms with van der Waals surface area (Å²) in [6.07, 6.45) is 1.67. The minimum atomic E-state index is -4.04. The third-order valence-corrected chi connectivity index (χ3v) is 7.69. The topological polar surface area (TPSA) is 105 Å². The van der Waals surface area contributed by atoms with E-state index in [0.29, 0.717) is 31.5 Å². The van der Waals surface area contributed by atoms with Crippen LogP contribution in [-0.4, -0.2) is 50.3 Å². The number of sulfonamides is 1. The molecule has 164 valence electrons. The number of benzene rings is 2. The van der Waals surface area contributed by atoms with Crippen LogP contribution in [0.1, 0.15) is 18.4 Å². The molecule has 2 aromatic rings. The van der Waals surface area contributed by atoms with E-state index in [4.69, 9.17) is 16.3 Å². The number of halogens is 1. The zero-order chi connectivity index (χ0) is 22.0. The van der Waals surface area contributed by atoms with Crippen LogP contribution in [0.15, 0.2) is 47.4 Å². The van der Waals surface area contributed by atoms with Crippen LogP contribution in [0.5, 0.6) is 5.75 Å². The summed E-state index contributed by atoms with van der Waals surface area (Å²) in [7, 11) is -4.04. The van der Waals surface area contributed by atoms with Crippen molar-refractivity contribution in [2.24, 2.45) is 0 Å². The average Bonchev–Trinajstić information content (AvgIpc) is 3.25. The first kappa shape index (κ1) is 21.6. The second-order valence-electron chi connectivity index (χ2n) is 7.42. The van der Waals surface area contributed by atoms with Gasteiger partial charge in [0, 0.05) is 19.2 Å². The molecule has 1 fully saturated rings. The summed E-state index contributed by atoms with van der Waals surface area (Å²) in [5.41, 5.74) is 1.41. The van der Waals surface area contributed by atoms with Gasteiger partial charge in [0.1, 0.15) is 16.7 Å². The Morgan fingerprint density at radius 2 is 2.03 bits per heavy atom. The third-order valence-electron chi connectivity index (χ3n) is 5.32. The zero-order valence-corrected chi connectivity index (χ0v) is 18.2. The molecule has 2 aliphatic rings. The Balaban J connectivity index is 1.49. The van der Waals surface area contributed by atoms with Crippen LogP contribution in [0.2, 0.25) is 5.02 Å². The molecule has 0 unspecified atom stereocenters. The predicted molar refractivity (Wildman–Crippen MR) is 116 cm³/mol. The molecule has 0 aromatic heterocycles. The van der Waals surface area contributed by atoms with E-state index in [9.17, 15) is 18.0 Å². The van der Waals surface area contributed by atoms with E-state index in [0.717, 1.165) is 5.56 Å². The number of ether oxygens (including phenoxy) is 1. The molecule has 0 spiro atoms. The molecule has 2 aromatic carbocycles. The molecule has 2 aliphatic heterocycles. The van der Waals surface area contributed by atoms with Crippen molar-refractivity contribution in [3.05, 3.63) is 53.1 Å². The second-order valence-corrected chi connectivity index (χ2v) is 9.68. The van der Waals surface area contributed by atoms with E-state index < -0.39 is 16.1 Å². The summed E-state index contributed by atoms with van der Waals surface area (Å²) in [6, 6.07) is 11.6. The predicted octanol–water partition coefficient (Wildman–Crippen LogP) is 2.18. The number of nitrogens with zero attached hydrogens (tertiary/aromatic N) is 1. The molecule has 1 saturated heterocycles. The van der Waals surface area contributed by atoms with Crippen LogP contribution >= 0.6 is 11.6 Å². The van der Waals surface area contributed by atoms with E-state index in [1.165, 1.54) is 16.4 Å². The molecule has 0 bridgehead atoms. The summed E-state index contributed by atoms with van der Waals surface area (Å²) in [4.78, 5) is 24.1. The lowest BCUT2D eigenvalue weighted by Gasteiger charge is -2.25. The summed E-state index contributed by atoms with van der Waals surface area (Å²) in [6.45, 7) is 0.439. The maximum Gasteiger partial charge on any atom is 0.262 e. The van der Waals surface area contributed by atoms with Crippen molar-refractivity contribution in [3.8, 4) is 5.75 Å². The fourth-order valence-corrected chi connectivity index (χ4v) is 5.96. The van der Waals surface area contributed by atoms with Crippen molar-refractivity contribution in [1.29, 1.82) is 0 Å². The molecule has 2 amide bonds. The van der Waals surface area contributed by atoms with Gasteiger partial charge in [0.05, 0.1) is 10.7 Å². The standard InChI is InChI=1S/C21H22ClN3O5S/c22-15-11-16-18(30-13-20(26)24-16)12-19(15)31(28,29)25-10-4-7-17(25)21(27)23-9-8-14-5-2-1-3-6-14/h1-3,5-6,11-12,17H,4,7-10,13H2,(H,23,27)(H,24,26)/t17-/m0/s1. The number of hydrogen-bond acceptors (Lipinski definition) is 5. The zero-order valence-electron chi connectivity index (χ0n) is 16.6. The van der Waals surface area contributed by atoms with E-state index >= 15 is 0 Å². The number of carbonyl (C=O) groups is 2. The first-order valence-corrected chi connectivity index (χ1v) is 11.8. The normalized spacial score (nSPS) is 18.7. The van der Waals surface area contributed by atoms with Crippen LogP contribution in [0, 0.1) is 0 Å². The number of carbonyl (C=O) groups excluding carboxylic acids is 2. The minimum absolute atomic E-state index is 0.0420. The van der Waals surface area contributed by atoms with E-state index in [-0.39, 0.29) is 40.6 Å². The Labute approximate surface area is 185 Å². The van der Waals surface area contributed by atoms with E-state index in [1.54, 1.807) is 0 Å². The Kier molecular flexibility index (Phi) is 6.17. The smallest absolute Gasteiger partial charge is 0.262 e. The number of hydrogen-bond donors (Lipinski definition) is 2. The van der Waals surface area contributed by atoms with Crippen LogP contribution in [0.25, 0.3) is 0 Å². The van der Waals surface area contributed by atoms with Crippen molar-refractivity contribution in [3.63, 3.8) is 0 Å². The van der Waals surface area contributed by atoms with Crippen molar-refractivity contribution in [1.82, 2.24) is 9.62 Å². The van der Waals surface area contributed by atoms with Gasteiger partial charge in [-0.3, -0.25) is 9.59 Å². The number of fused-ring (bicyclic) bond motifs is 1. The van der Waals surface area contributed by atoms with Gasteiger partial charge < -0.3 is 15.4 Å². The maximum atomic E-state index is 13.3. The molecule has 4 rings (SSSR count). The molecular weight excluding hydrogens is 442 g/mol. The van der Waals surface area contributed by atoms with Crippen molar-refractivity contribution < 1.29 is 22.7 Å². The van der Waals surface area contributed by atoms with Crippen molar-refractivity contribution in [2.75, 3.05) is 25.0 Å². The molecule has 8 nitrogen and oxygen atoms in total. The lowest BCUT2D eigenvalue weighted by molar-refractivity contribution is -0.124. The van der Waals surface area contributed by atoms with E-state index in [1.807, 2.05) is 30.3 Å². The molecule has 1 atom stereocenters. The fourth-order valence-electron chi connectivity index (χ4n) is 3.79. The van der Waals surface area contributed by atoms with Crippen LogP contribution in [0.3, 0.4) is 0 Å². The summed E-state index contributed by atoms with van der Waals surface area (Å²) in [5.74, 6) is -0.439. The van der Waals surface area contributed by atoms with Gasteiger partial charge >= 0.3 is 0 Å². The van der Waals surface area contributed by atoms with Gasteiger partial charge in [0.25, 0.3) is 5.91 Å². The number of rotatable bonds is 6. The highest BCUT2D eigenvalue weighted by Crippen LogP contribution is 2.38. The van der Waals surface area contributed by atoms with Gasteiger partial charge in [-0.05, 0) is 30.9 Å². The first-order valence-electron chi connectivity index (χ1n) is 9.96. The molecule has 10 heteroatoms. The fraction of sp³-hybridized carbons (Fsp3) is 0.333. The molecule has 0 aliphatic carbocycles. The van der Waals surface area contributed by atoms with Gasteiger partial charge in [0.2, 0.25) is 15.9 Å². The highest BCUT2D eigenvalue weighted by molar-refractivity contribution is 7.89. The van der Waals surface area contributed by atoms with E-state index in [2.05, 4.69) is 10.6 Å². The lowest BCUT2D eigenvalue weighted by atomic mass is 10.1. The Morgan fingerprint density at radius 3 is 2.81 bits per heavy atom. The number of amides is 2. The SMILES string of the molecule is O=C1COc2cc(S(=O)(=O)N3CCC[C@H]3C(=O)NCCc3ccccc3)c(Cl)cc2N1. The van der Waals surface area contributed by atoms with Crippen LogP contribution in [-0.2, 0) is 26.0 Å². The molecule has 2 heterocycles. The maximum absolute atomic E-state index is 13.3. The van der Waals surface area contributed by atoms with Crippen molar-refractivity contribution in [2.45, 2.75) is 30.2 Å². The van der Waals surface area contributed by atoms with Crippen LogP contribution < -0.4 is 15.4 Å². The lowest BCUT2D eigenvalue weighted by Crippen LogP contribution is -2.46. The van der Waals surface area contributed by atoms with Gasteiger partial charge in [-0.2, -0.15) is 4.31 Å².